The van der Waals surface area contributed by atoms with Crippen molar-refractivity contribution in [2.24, 2.45) is 0 Å². The van der Waals surface area contributed by atoms with E-state index >= 15 is 0 Å². The fraction of sp³-hybridized carbons (Fsp3) is 0.278. The third-order valence-corrected chi connectivity index (χ3v) is 5.54. The summed E-state index contributed by atoms with van der Waals surface area (Å²) in [5.74, 6) is 0. The van der Waals surface area contributed by atoms with Gasteiger partial charge in [-0.15, -0.1) is 0 Å². The maximum atomic E-state index is 12.8. The van der Waals surface area contributed by atoms with Crippen molar-refractivity contribution < 1.29 is 8.42 Å². The van der Waals surface area contributed by atoms with E-state index in [2.05, 4.69) is 9.71 Å². The van der Waals surface area contributed by atoms with Gasteiger partial charge >= 0.3 is 0 Å². The highest BCUT2D eigenvalue weighted by molar-refractivity contribution is 7.89. The van der Waals surface area contributed by atoms with Crippen LogP contribution in [0, 0.1) is 6.92 Å². The first-order valence-corrected chi connectivity index (χ1v) is 9.38. The molecule has 126 valence electrons. The topological polar surface area (TPSA) is 64.0 Å². The van der Waals surface area contributed by atoms with E-state index < -0.39 is 10.0 Å². The lowest BCUT2D eigenvalue weighted by Gasteiger charge is -2.08. The van der Waals surface area contributed by atoms with Crippen LogP contribution >= 0.6 is 0 Å². The van der Waals surface area contributed by atoms with Crippen LogP contribution in [0.1, 0.15) is 31.0 Å². The van der Waals surface area contributed by atoms with E-state index in [1.807, 2.05) is 49.6 Å². The molecule has 1 aromatic carbocycles. The zero-order valence-electron chi connectivity index (χ0n) is 14.0. The van der Waals surface area contributed by atoms with Crippen LogP contribution < -0.4 is 4.72 Å². The number of aryl methyl sites for hydroxylation is 1. The van der Waals surface area contributed by atoms with E-state index in [0.717, 1.165) is 11.1 Å². The average Bonchev–Trinajstić information content (AvgIpc) is 2.95. The van der Waals surface area contributed by atoms with Gasteiger partial charge in [0.15, 0.2) is 0 Å². The van der Waals surface area contributed by atoms with Crippen LogP contribution in [0.2, 0.25) is 0 Å². The Bertz CT molecular complexity index is 975. The second kappa shape index (κ2) is 6.37. The van der Waals surface area contributed by atoms with Crippen LogP contribution in [0.25, 0.3) is 11.0 Å². The number of rotatable bonds is 5. The summed E-state index contributed by atoms with van der Waals surface area (Å²) in [4.78, 5) is 4.61. The number of pyridine rings is 1. The lowest BCUT2D eigenvalue weighted by molar-refractivity contribution is 0.578. The van der Waals surface area contributed by atoms with Crippen LogP contribution in [0.5, 0.6) is 0 Å². The largest absolute Gasteiger partial charge is 0.329 e. The van der Waals surface area contributed by atoms with Crippen molar-refractivity contribution in [3.63, 3.8) is 0 Å². The molecule has 24 heavy (non-hydrogen) atoms. The molecule has 3 rings (SSSR count). The van der Waals surface area contributed by atoms with Crippen molar-refractivity contribution in [2.45, 2.75) is 38.3 Å². The normalized spacial score (nSPS) is 12.2. The number of hydrogen-bond donors (Lipinski definition) is 1. The third kappa shape index (κ3) is 3.07. The van der Waals surface area contributed by atoms with E-state index in [0.29, 0.717) is 11.0 Å². The first-order valence-electron chi connectivity index (χ1n) is 7.90. The SMILES string of the molecule is Cc1ccccc1CNS(=O)(=O)c1cn(C(C)C)c2ncccc12. The second-order valence-electron chi connectivity index (χ2n) is 6.12. The van der Waals surface area contributed by atoms with Gasteiger partial charge in [-0.2, -0.15) is 0 Å². The fourth-order valence-corrected chi connectivity index (χ4v) is 3.92. The van der Waals surface area contributed by atoms with Crippen LogP contribution in [0.15, 0.2) is 53.7 Å². The molecule has 0 aliphatic carbocycles. The third-order valence-electron chi connectivity index (χ3n) is 4.11. The summed E-state index contributed by atoms with van der Waals surface area (Å²) < 4.78 is 30.2. The number of nitrogens with one attached hydrogen (secondary N) is 1. The molecule has 0 fully saturated rings. The first-order chi connectivity index (χ1) is 11.4. The Morgan fingerprint density at radius 2 is 1.92 bits per heavy atom. The van der Waals surface area contributed by atoms with Gasteiger partial charge in [-0.1, -0.05) is 24.3 Å². The smallest absolute Gasteiger partial charge is 0.243 e. The molecule has 0 spiro atoms. The molecule has 0 aliphatic heterocycles. The lowest BCUT2D eigenvalue weighted by atomic mass is 10.1. The zero-order chi connectivity index (χ0) is 17.3. The van der Waals surface area contributed by atoms with Crippen molar-refractivity contribution >= 4 is 21.1 Å². The molecule has 3 aromatic rings. The van der Waals surface area contributed by atoms with Crippen LogP contribution in [0.4, 0.5) is 0 Å². The van der Waals surface area contributed by atoms with Crippen molar-refractivity contribution in [1.82, 2.24) is 14.3 Å². The molecule has 0 unspecified atom stereocenters. The van der Waals surface area contributed by atoms with Gasteiger partial charge in [0.1, 0.15) is 10.5 Å². The molecule has 0 saturated heterocycles. The van der Waals surface area contributed by atoms with E-state index in [1.54, 1.807) is 24.5 Å². The van der Waals surface area contributed by atoms with Crippen molar-refractivity contribution in [1.29, 1.82) is 0 Å². The van der Waals surface area contributed by atoms with Gasteiger partial charge in [0, 0.05) is 30.4 Å². The highest BCUT2D eigenvalue weighted by Gasteiger charge is 2.22. The first kappa shape index (κ1) is 16.7. The van der Waals surface area contributed by atoms with Gasteiger partial charge < -0.3 is 4.57 Å². The Morgan fingerprint density at radius 1 is 1.17 bits per heavy atom. The Balaban J connectivity index is 1.98. The van der Waals surface area contributed by atoms with Gasteiger partial charge in [0.25, 0.3) is 0 Å². The molecule has 6 heteroatoms. The summed E-state index contributed by atoms with van der Waals surface area (Å²) >= 11 is 0. The van der Waals surface area contributed by atoms with Crippen LogP contribution in [-0.4, -0.2) is 18.0 Å². The lowest BCUT2D eigenvalue weighted by Crippen LogP contribution is -2.23. The minimum atomic E-state index is -3.63. The number of benzene rings is 1. The summed E-state index contributed by atoms with van der Waals surface area (Å²) in [6.07, 6.45) is 3.35. The highest BCUT2D eigenvalue weighted by atomic mass is 32.2. The number of fused-ring (bicyclic) bond motifs is 1. The molecular formula is C18H21N3O2S. The minimum absolute atomic E-state index is 0.128. The molecule has 1 N–H and O–H groups in total. The van der Waals surface area contributed by atoms with Gasteiger partial charge in [0.05, 0.1) is 0 Å². The summed E-state index contributed by atoms with van der Waals surface area (Å²) in [6.45, 7) is 6.25. The molecule has 0 bridgehead atoms. The number of hydrogen-bond acceptors (Lipinski definition) is 3. The Kier molecular flexibility index (Phi) is 4.43. The standard InChI is InChI=1S/C18H21N3O2S/c1-13(2)21-12-17(16-9-6-10-19-18(16)21)24(22,23)20-11-15-8-5-4-7-14(15)3/h4-10,12-13,20H,11H2,1-3H3. The van der Waals surface area contributed by atoms with E-state index in [1.165, 1.54) is 0 Å². The maximum absolute atomic E-state index is 12.8. The van der Waals surface area contributed by atoms with Crippen molar-refractivity contribution in [2.75, 3.05) is 0 Å². The molecule has 2 aromatic heterocycles. The quantitative estimate of drug-likeness (QED) is 0.772. The number of sulfonamides is 1. The predicted molar refractivity (Wildman–Crippen MR) is 95.3 cm³/mol. The summed E-state index contributed by atoms with van der Waals surface area (Å²) in [5.41, 5.74) is 2.71. The van der Waals surface area contributed by atoms with Crippen LogP contribution in [0.3, 0.4) is 0 Å². The highest BCUT2D eigenvalue weighted by Crippen LogP contribution is 2.26. The monoisotopic (exact) mass is 343 g/mol. The molecular weight excluding hydrogens is 322 g/mol. The van der Waals surface area contributed by atoms with E-state index in [9.17, 15) is 8.42 Å². The summed E-state index contributed by atoms with van der Waals surface area (Å²) in [7, 11) is -3.63. The van der Waals surface area contributed by atoms with Crippen molar-refractivity contribution in [3.05, 3.63) is 59.9 Å². The van der Waals surface area contributed by atoms with Gasteiger partial charge in [-0.05, 0) is 44.0 Å². The second-order valence-corrected chi connectivity index (χ2v) is 7.86. The van der Waals surface area contributed by atoms with E-state index in [4.69, 9.17) is 0 Å². The molecule has 5 nitrogen and oxygen atoms in total. The molecule has 0 aliphatic rings. The molecule has 2 heterocycles. The van der Waals surface area contributed by atoms with Gasteiger partial charge in [-0.3, -0.25) is 0 Å². The van der Waals surface area contributed by atoms with Crippen molar-refractivity contribution in [3.8, 4) is 0 Å². The van der Waals surface area contributed by atoms with Gasteiger partial charge in [-0.25, -0.2) is 18.1 Å². The fourth-order valence-electron chi connectivity index (χ4n) is 2.72. The Morgan fingerprint density at radius 3 is 2.62 bits per heavy atom. The van der Waals surface area contributed by atoms with Gasteiger partial charge in [0.2, 0.25) is 10.0 Å². The molecule has 0 amide bonds. The van der Waals surface area contributed by atoms with Crippen LogP contribution in [-0.2, 0) is 16.6 Å². The number of nitrogens with zero attached hydrogens (tertiary/aromatic N) is 2. The number of aromatic nitrogens is 2. The van der Waals surface area contributed by atoms with E-state index in [-0.39, 0.29) is 17.5 Å². The Labute approximate surface area is 142 Å². The average molecular weight is 343 g/mol. The molecule has 0 radical (unpaired) electrons. The maximum Gasteiger partial charge on any atom is 0.243 e. The predicted octanol–water partition coefficient (Wildman–Crippen LogP) is 3.40. The molecule has 0 atom stereocenters. The Hall–Kier alpha value is -2.18. The summed E-state index contributed by atoms with van der Waals surface area (Å²) in [6, 6.07) is 11.4. The molecule has 0 saturated carbocycles. The zero-order valence-corrected chi connectivity index (χ0v) is 14.8. The minimum Gasteiger partial charge on any atom is -0.329 e. The summed E-state index contributed by atoms with van der Waals surface area (Å²) in [5, 5.41) is 0.642.